The van der Waals surface area contributed by atoms with Crippen LogP contribution in [0.15, 0.2) is 24.4 Å². The average Bonchev–Trinajstić information content (AvgIpc) is 3.71. The highest BCUT2D eigenvalue weighted by molar-refractivity contribution is 7.23. The maximum atomic E-state index is 14.7. The van der Waals surface area contributed by atoms with Crippen LogP contribution in [0.4, 0.5) is 19.6 Å². The molecule has 9 nitrogen and oxygen atoms in total. The molecular weight excluding hydrogens is 558 g/mol. The number of piperazine rings is 1. The number of halogens is 2. The van der Waals surface area contributed by atoms with Gasteiger partial charge in [-0.3, -0.25) is 9.88 Å². The molecule has 4 aliphatic rings. The lowest BCUT2D eigenvalue weighted by Crippen LogP contribution is -2.51. The van der Waals surface area contributed by atoms with E-state index in [4.69, 9.17) is 25.4 Å². The van der Waals surface area contributed by atoms with E-state index in [-0.39, 0.29) is 22.1 Å². The molecule has 12 heteroatoms. The van der Waals surface area contributed by atoms with Crippen molar-refractivity contribution in [2.24, 2.45) is 0 Å². The average molecular weight is 589 g/mol. The first-order valence-corrected chi connectivity index (χ1v) is 15.3. The molecule has 0 saturated carbocycles. The molecular formula is C30H30F2N8OS. The number of anilines is 2. The maximum absolute atomic E-state index is 14.7. The smallest absolute Gasteiger partial charge is 0.319 e. The number of ether oxygens (including phenoxy) is 1. The van der Waals surface area contributed by atoms with Crippen LogP contribution in [0.25, 0.3) is 32.2 Å². The molecule has 8 rings (SSSR count). The van der Waals surface area contributed by atoms with E-state index in [1.165, 1.54) is 6.07 Å². The summed E-state index contributed by atoms with van der Waals surface area (Å²) in [7, 11) is 0. The second-order valence-corrected chi connectivity index (χ2v) is 13.1. The monoisotopic (exact) mass is 588 g/mol. The standard InChI is InChI=1S/C30H30F2N8OS/c31-17-9-30(6-1-7-40(30)12-17)15-41-29-37-23-8-16(20-4-5-22(32)26-24(20)21(10-33)27(34)42-26)11-35-25(23)28(38-29)39-13-18-2-3-19(14-39)36-18/h4-5,8,11,17-19,36H,1-3,6-7,9,12-15,34H2/t17-,18?,19?,30+/m1/s1. The Hall–Kier alpha value is -3.66. The van der Waals surface area contributed by atoms with Crippen molar-refractivity contribution in [1.29, 1.82) is 5.26 Å². The van der Waals surface area contributed by atoms with Gasteiger partial charge in [0.1, 0.15) is 35.2 Å². The summed E-state index contributed by atoms with van der Waals surface area (Å²) < 4.78 is 35.8. The van der Waals surface area contributed by atoms with E-state index >= 15 is 0 Å². The lowest BCUT2D eigenvalue weighted by Gasteiger charge is -2.34. The van der Waals surface area contributed by atoms with Crippen molar-refractivity contribution in [3.05, 3.63) is 35.8 Å². The molecule has 42 heavy (non-hydrogen) atoms. The Morgan fingerprint density at radius 1 is 1.21 bits per heavy atom. The summed E-state index contributed by atoms with van der Waals surface area (Å²) in [6, 6.07) is 8.11. The van der Waals surface area contributed by atoms with Gasteiger partial charge in [-0.15, -0.1) is 11.3 Å². The van der Waals surface area contributed by atoms with Crippen molar-refractivity contribution in [3.63, 3.8) is 0 Å². The number of rotatable bonds is 5. The molecule has 0 radical (unpaired) electrons. The number of nitriles is 1. The Kier molecular flexibility index (Phi) is 6.00. The first-order valence-electron chi connectivity index (χ1n) is 14.5. The van der Waals surface area contributed by atoms with Crippen LogP contribution in [0.2, 0.25) is 0 Å². The van der Waals surface area contributed by atoms with Gasteiger partial charge in [-0.25, -0.2) is 8.78 Å². The molecule has 4 atom stereocenters. The number of nitrogen functional groups attached to an aromatic ring is 1. The molecule has 3 N–H and O–H groups in total. The third kappa shape index (κ3) is 4.09. The molecule has 0 aliphatic carbocycles. The minimum absolute atomic E-state index is 0.243. The summed E-state index contributed by atoms with van der Waals surface area (Å²) in [5.41, 5.74) is 8.62. The van der Waals surface area contributed by atoms with Crippen molar-refractivity contribution >= 4 is 43.3 Å². The third-order valence-corrected chi connectivity index (χ3v) is 10.5. The van der Waals surface area contributed by atoms with Crippen LogP contribution < -0.4 is 20.7 Å². The molecule has 3 aromatic heterocycles. The van der Waals surface area contributed by atoms with Crippen LogP contribution in [0.1, 0.15) is 37.7 Å². The normalized spacial score (nSPS) is 27.2. The highest BCUT2D eigenvalue weighted by Gasteiger charge is 2.49. The maximum Gasteiger partial charge on any atom is 0.319 e. The SMILES string of the molecule is N#Cc1c(N)sc2c(F)ccc(-c3cnc4c(N5CC6CCC(C5)N6)nc(OC[C@@]56CCCN5C[C@H](F)C6)nc4c3)c12. The lowest BCUT2D eigenvalue weighted by molar-refractivity contribution is 0.107. The van der Waals surface area contributed by atoms with E-state index in [9.17, 15) is 14.0 Å². The van der Waals surface area contributed by atoms with Crippen molar-refractivity contribution in [2.45, 2.75) is 55.9 Å². The van der Waals surface area contributed by atoms with Crippen molar-refractivity contribution < 1.29 is 13.5 Å². The van der Waals surface area contributed by atoms with Gasteiger partial charge < -0.3 is 20.7 Å². The number of benzene rings is 1. The quantitative estimate of drug-likeness (QED) is 0.350. The summed E-state index contributed by atoms with van der Waals surface area (Å²) in [5.74, 6) is 0.300. The van der Waals surface area contributed by atoms with Crippen LogP contribution in [0, 0.1) is 17.1 Å². The van der Waals surface area contributed by atoms with Crippen LogP contribution in [-0.2, 0) is 0 Å². The molecule has 2 unspecified atom stereocenters. The van der Waals surface area contributed by atoms with Crippen LogP contribution >= 0.6 is 11.3 Å². The number of aromatic nitrogens is 3. The first-order chi connectivity index (χ1) is 20.4. The van der Waals surface area contributed by atoms with Crippen molar-refractivity contribution in [2.75, 3.05) is 43.4 Å². The van der Waals surface area contributed by atoms with E-state index in [1.807, 2.05) is 6.07 Å². The Balaban J connectivity index is 1.23. The minimum Gasteiger partial charge on any atom is -0.461 e. The summed E-state index contributed by atoms with van der Waals surface area (Å²) in [6.07, 6.45) is 5.52. The van der Waals surface area contributed by atoms with Crippen LogP contribution in [-0.4, -0.2) is 76.4 Å². The third-order valence-electron chi connectivity index (χ3n) is 9.48. The number of pyridine rings is 1. The Bertz CT molecular complexity index is 1760. The molecule has 4 aliphatic heterocycles. The molecule has 1 aromatic carbocycles. The van der Waals surface area contributed by atoms with Gasteiger partial charge in [-0.1, -0.05) is 6.07 Å². The van der Waals surface area contributed by atoms with Crippen molar-refractivity contribution in [3.8, 4) is 23.2 Å². The molecule has 2 bridgehead atoms. The second-order valence-electron chi connectivity index (χ2n) is 12.1. The van der Waals surface area contributed by atoms with Gasteiger partial charge in [-0.05, 0) is 49.9 Å². The number of hydrogen-bond donors (Lipinski definition) is 2. The number of alkyl halides is 1. The number of nitrogens with zero attached hydrogens (tertiary/aromatic N) is 6. The summed E-state index contributed by atoms with van der Waals surface area (Å²) in [6.45, 7) is 3.29. The lowest BCUT2D eigenvalue weighted by atomic mass is 9.95. The van der Waals surface area contributed by atoms with E-state index < -0.39 is 12.0 Å². The Morgan fingerprint density at radius 3 is 2.86 bits per heavy atom. The van der Waals surface area contributed by atoms with E-state index in [1.54, 1.807) is 12.3 Å². The fourth-order valence-corrected chi connectivity index (χ4v) is 8.52. The second kappa shape index (κ2) is 9.69. The van der Waals surface area contributed by atoms with E-state index in [2.05, 4.69) is 21.2 Å². The minimum atomic E-state index is -0.845. The fourth-order valence-electron chi connectivity index (χ4n) is 7.57. The number of fused-ring (bicyclic) bond motifs is 5. The number of hydrogen-bond acceptors (Lipinski definition) is 10. The van der Waals surface area contributed by atoms with Gasteiger partial charge in [-0.2, -0.15) is 15.2 Å². The topological polar surface area (TPSA) is 116 Å². The Labute approximate surface area is 245 Å². The van der Waals surface area contributed by atoms with Gasteiger partial charge in [0.25, 0.3) is 0 Å². The van der Waals surface area contributed by atoms with Gasteiger partial charge >= 0.3 is 6.01 Å². The number of thiophene rings is 1. The largest absolute Gasteiger partial charge is 0.461 e. The molecule has 7 heterocycles. The molecule has 4 fully saturated rings. The summed E-state index contributed by atoms with van der Waals surface area (Å²) in [5, 5.41) is 14.2. The molecule has 0 spiro atoms. The predicted molar refractivity (Wildman–Crippen MR) is 158 cm³/mol. The van der Waals surface area contributed by atoms with Crippen molar-refractivity contribution in [1.82, 2.24) is 25.2 Å². The van der Waals surface area contributed by atoms with Gasteiger partial charge in [0.05, 0.1) is 21.3 Å². The van der Waals surface area contributed by atoms with Crippen LogP contribution in [0.5, 0.6) is 6.01 Å². The van der Waals surface area contributed by atoms with E-state index in [0.717, 1.165) is 62.5 Å². The summed E-state index contributed by atoms with van der Waals surface area (Å²) >= 11 is 1.07. The number of nitrogens with two attached hydrogens (primary N) is 1. The molecule has 0 amide bonds. The van der Waals surface area contributed by atoms with Gasteiger partial charge in [0.15, 0.2) is 5.82 Å². The number of nitrogens with one attached hydrogen (secondary N) is 1. The zero-order valence-electron chi connectivity index (χ0n) is 22.9. The van der Waals surface area contributed by atoms with Gasteiger partial charge in [0.2, 0.25) is 0 Å². The fraction of sp³-hybridized carbons (Fsp3) is 0.467. The Morgan fingerprint density at radius 2 is 2.05 bits per heavy atom. The predicted octanol–water partition coefficient (Wildman–Crippen LogP) is 4.40. The van der Waals surface area contributed by atoms with Gasteiger partial charge in [0, 0.05) is 55.3 Å². The highest BCUT2D eigenvalue weighted by atomic mass is 32.1. The van der Waals surface area contributed by atoms with Crippen LogP contribution in [0.3, 0.4) is 0 Å². The molecule has 4 aromatic rings. The molecule has 216 valence electrons. The highest BCUT2D eigenvalue weighted by Crippen LogP contribution is 2.43. The van der Waals surface area contributed by atoms with E-state index in [0.29, 0.717) is 63.9 Å². The zero-order chi connectivity index (χ0) is 28.6. The summed E-state index contributed by atoms with van der Waals surface area (Å²) in [4.78, 5) is 19.0. The first kappa shape index (κ1) is 26.0. The molecule has 4 saturated heterocycles. The zero-order valence-corrected chi connectivity index (χ0v) is 23.8.